The molecule has 4 rings (SSSR count). The average Bonchev–Trinajstić information content (AvgIpc) is 2.75. The van der Waals surface area contributed by atoms with Crippen LogP contribution in [0.15, 0.2) is 48.8 Å². The zero-order chi connectivity index (χ0) is 20.1. The van der Waals surface area contributed by atoms with Gasteiger partial charge in [0.25, 0.3) is 0 Å². The molecule has 29 heavy (non-hydrogen) atoms. The van der Waals surface area contributed by atoms with Crippen LogP contribution >= 0.6 is 0 Å². The number of nitrogens with one attached hydrogen (secondary N) is 2. The summed E-state index contributed by atoms with van der Waals surface area (Å²) in [5.41, 5.74) is 1.95. The molecule has 0 saturated heterocycles. The van der Waals surface area contributed by atoms with E-state index < -0.39 is 5.82 Å². The van der Waals surface area contributed by atoms with Crippen LogP contribution in [0.1, 0.15) is 37.7 Å². The standard InChI is InChI=1S/C22H21FN6/c23-18-7-4-8-19(17(18)14-24)27-21-13-20(15-9-11-25-12-10-15)28-22(29-21)26-16-5-2-1-3-6-16/h4,7-13,16H,1-3,5-6H2,(H2,26,27,28,29). The second-order valence-corrected chi connectivity index (χ2v) is 7.08. The summed E-state index contributed by atoms with van der Waals surface area (Å²) in [6.45, 7) is 0. The monoisotopic (exact) mass is 388 g/mol. The lowest BCUT2D eigenvalue weighted by atomic mass is 9.96. The molecule has 146 valence electrons. The smallest absolute Gasteiger partial charge is 0.225 e. The second-order valence-electron chi connectivity index (χ2n) is 7.08. The molecule has 1 aliphatic carbocycles. The molecule has 0 atom stereocenters. The van der Waals surface area contributed by atoms with E-state index in [9.17, 15) is 9.65 Å². The first-order valence-electron chi connectivity index (χ1n) is 9.74. The van der Waals surface area contributed by atoms with Crippen LogP contribution in [0.2, 0.25) is 0 Å². The van der Waals surface area contributed by atoms with Gasteiger partial charge in [-0.25, -0.2) is 9.37 Å². The Hall–Kier alpha value is -3.53. The fourth-order valence-corrected chi connectivity index (χ4v) is 3.56. The van der Waals surface area contributed by atoms with Gasteiger partial charge in [-0.3, -0.25) is 4.98 Å². The van der Waals surface area contributed by atoms with Crippen molar-refractivity contribution in [3.8, 4) is 17.3 Å². The minimum Gasteiger partial charge on any atom is -0.351 e. The number of halogens is 1. The highest BCUT2D eigenvalue weighted by Crippen LogP contribution is 2.27. The van der Waals surface area contributed by atoms with Gasteiger partial charge in [0.2, 0.25) is 5.95 Å². The molecular formula is C22H21FN6. The normalized spacial score (nSPS) is 14.2. The van der Waals surface area contributed by atoms with E-state index in [1.165, 1.54) is 25.3 Å². The summed E-state index contributed by atoms with van der Waals surface area (Å²) in [5, 5.41) is 15.8. The van der Waals surface area contributed by atoms with Crippen molar-refractivity contribution in [1.29, 1.82) is 5.26 Å². The lowest BCUT2D eigenvalue weighted by molar-refractivity contribution is 0.461. The Balaban J connectivity index is 1.70. The van der Waals surface area contributed by atoms with Crippen LogP contribution in [-0.2, 0) is 0 Å². The second kappa shape index (κ2) is 8.65. The van der Waals surface area contributed by atoms with Crippen LogP contribution in [0.25, 0.3) is 11.3 Å². The molecular weight excluding hydrogens is 367 g/mol. The Morgan fingerprint density at radius 1 is 1.03 bits per heavy atom. The first-order valence-corrected chi connectivity index (χ1v) is 9.74. The number of rotatable bonds is 5. The topological polar surface area (TPSA) is 86.5 Å². The van der Waals surface area contributed by atoms with Crippen LogP contribution in [0, 0.1) is 17.1 Å². The first-order chi connectivity index (χ1) is 14.2. The molecule has 2 aromatic heterocycles. The van der Waals surface area contributed by atoms with Crippen LogP contribution in [0.3, 0.4) is 0 Å². The van der Waals surface area contributed by atoms with E-state index in [2.05, 4.69) is 25.6 Å². The Bertz CT molecular complexity index is 1030. The van der Waals surface area contributed by atoms with Crippen molar-refractivity contribution in [2.45, 2.75) is 38.1 Å². The van der Waals surface area contributed by atoms with Gasteiger partial charge in [0, 0.05) is 30.1 Å². The van der Waals surface area contributed by atoms with Crippen molar-refractivity contribution in [2.75, 3.05) is 10.6 Å². The molecule has 6 nitrogen and oxygen atoms in total. The van der Waals surface area contributed by atoms with Crippen LogP contribution in [0.4, 0.5) is 21.8 Å². The summed E-state index contributed by atoms with van der Waals surface area (Å²) in [6, 6.07) is 12.3. The van der Waals surface area contributed by atoms with E-state index in [4.69, 9.17) is 0 Å². The fourth-order valence-electron chi connectivity index (χ4n) is 3.56. The van der Waals surface area contributed by atoms with E-state index in [0.717, 1.165) is 24.1 Å². The molecule has 7 heteroatoms. The molecule has 3 aromatic rings. The fraction of sp³-hybridized carbons (Fsp3) is 0.273. The minimum atomic E-state index is -0.568. The minimum absolute atomic E-state index is 0.0432. The number of nitrogens with zero attached hydrogens (tertiary/aromatic N) is 4. The molecule has 0 radical (unpaired) electrons. The van der Waals surface area contributed by atoms with Crippen molar-refractivity contribution < 1.29 is 4.39 Å². The Morgan fingerprint density at radius 2 is 1.83 bits per heavy atom. The van der Waals surface area contributed by atoms with Crippen molar-refractivity contribution >= 4 is 17.5 Å². The van der Waals surface area contributed by atoms with Gasteiger partial charge in [-0.2, -0.15) is 10.2 Å². The number of benzene rings is 1. The maximum absolute atomic E-state index is 14.0. The van der Waals surface area contributed by atoms with Crippen molar-refractivity contribution in [3.05, 3.63) is 60.2 Å². The maximum atomic E-state index is 14.0. The van der Waals surface area contributed by atoms with Gasteiger partial charge in [0.15, 0.2) is 0 Å². The molecule has 2 N–H and O–H groups in total. The molecule has 1 saturated carbocycles. The molecule has 2 heterocycles. The summed E-state index contributed by atoms with van der Waals surface area (Å²) < 4.78 is 14.0. The maximum Gasteiger partial charge on any atom is 0.225 e. The van der Waals surface area contributed by atoms with Gasteiger partial charge >= 0.3 is 0 Å². The van der Waals surface area contributed by atoms with Gasteiger partial charge in [-0.1, -0.05) is 25.3 Å². The molecule has 0 aliphatic heterocycles. The number of hydrogen-bond donors (Lipinski definition) is 2. The van der Waals surface area contributed by atoms with Crippen LogP contribution < -0.4 is 10.6 Å². The Morgan fingerprint density at radius 3 is 2.59 bits per heavy atom. The average molecular weight is 388 g/mol. The first kappa shape index (κ1) is 18.8. The summed E-state index contributed by atoms with van der Waals surface area (Å²) >= 11 is 0. The van der Waals surface area contributed by atoms with E-state index >= 15 is 0 Å². The molecule has 0 spiro atoms. The number of nitriles is 1. The van der Waals surface area contributed by atoms with Gasteiger partial charge in [-0.05, 0) is 37.1 Å². The van der Waals surface area contributed by atoms with Gasteiger partial charge < -0.3 is 10.6 Å². The molecule has 0 bridgehead atoms. The van der Waals surface area contributed by atoms with Crippen molar-refractivity contribution in [2.24, 2.45) is 0 Å². The highest BCUT2D eigenvalue weighted by atomic mass is 19.1. The van der Waals surface area contributed by atoms with E-state index in [1.807, 2.05) is 18.2 Å². The largest absolute Gasteiger partial charge is 0.351 e. The predicted octanol–water partition coefficient (Wildman–Crippen LogP) is 5.04. The predicted molar refractivity (Wildman–Crippen MR) is 110 cm³/mol. The quantitative estimate of drug-likeness (QED) is 0.637. The molecule has 1 aromatic carbocycles. The molecule has 1 aliphatic rings. The number of hydrogen-bond acceptors (Lipinski definition) is 6. The van der Waals surface area contributed by atoms with E-state index in [-0.39, 0.29) is 5.56 Å². The summed E-state index contributed by atoms with van der Waals surface area (Å²) in [4.78, 5) is 13.3. The molecule has 0 unspecified atom stereocenters. The number of pyridine rings is 1. The van der Waals surface area contributed by atoms with E-state index in [0.29, 0.717) is 23.5 Å². The van der Waals surface area contributed by atoms with Crippen molar-refractivity contribution in [1.82, 2.24) is 15.0 Å². The lowest BCUT2D eigenvalue weighted by Crippen LogP contribution is -2.23. The highest BCUT2D eigenvalue weighted by molar-refractivity contribution is 5.70. The van der Waals surface area contributed by atoms with Gasteiger partial charge in [0.1, 0.15) is 23.3 Å². The van der Waals surface area contributed by atoms with Crippen LogP contribution in [-0.4, -0.2) is 21.0 Å². The molecule has 1 fully saturated rings. The van der Waals surface area contributed by atoms with Crippen molar-refractivity contribution in [3.63, 3.8) is 0 Å². The van der Waals surface area contributed by atoms with Gasteiger partial charge in [0.05, 0.1) is 11.4 Å². The highest BCUT2D eigenvalue weighted by Gasteiger charge is 2.16. The zero-order valence-corrected chi connectivity index (χ0v) is 15.9. The SMILES string of the molecule is N#Cc1c(F)cccc1Nc1cc(-c2ccncc2)nc(NC2CCCCC2)n1. The van der Waals surface area contributed by atoms with E-state index in [1.54, 1.807) is 30.6 Å². The third kappa shape index (κ3) is 4.49. The lowest BCUT2D eigenvalue weighted by Gasteiger charge is -2.23. The number of aromatic nitrogens is 3. The summed E-state index contributed by atoms with van der Waals surface area (Å²) in [6.07, 6.45) is 9.25. The van der Waals surface area contributed by atoms with Crippen LogP contribution in [0.5, 0.6) is 0 Å². The summed E-state index contributed by atoms with van der Waals surface area (Å²) in [5.74, 6) is 0.442. The zero-order valence-electron chi connectivity index (χ0n) is 15.9. The Kier molecular flexibility index (Phi) is 5.61. The Labute approximate surface area is 168 Å². The third-order valence-corrected chi connectivity index (χ3v) is 5.03. The molecule has 0 amide bonds. The van der Waals surface area contributed by atoms with Gasteiger partial charge in [-0.15, -0.1) is 0 Å². The third-order valence-electron chi connectivity index (χ3n) is 5.03. The number of anilines is 3. The summed E-state index contributed by atoms with van der Waals surface area (Å²) in [7, 11) is 0.